The van der Waals surface area contributed by atoms with Crippen LogP contribution in [0.3, 0.4) is 0 Å². The SMILES string of the molecule is CC(C)(C(=O)Nc1c(Cl)cccc1Cl)C(=O)N1CCCc2ccccc21. The number of amides is 2. The highest BCUT2D eigenvalue weighted by Gasteiger charge is 2.41. The van der Waals surface area contributed by atoms with Crippen molar-refractivity contribution in [3.05, 3.63) is 58.1 Å². The summed E-state index contributed by atoms with van der Waals surface area (Å²) in [5, 5.41) is 3.37. The molecule has 6 heteroatoms. The largest absolute Gasteiger partial charge is 0.323 e. The molecule has 0 saturated heterocycles. The lowest BCUT2D eigenvalue weighted by molar-refractivity contribution is -0.136. The van der Waals surface area contributed by atoms with Crippen molar-refractivity contribution < 1.29 is 9.59 Å². The Balaban J connectivity index is 1.86. The van der Waals surface area contributed by atoms with Gasteiger partial charge in [0.1, 0.15) is 5.41 Å². The minimum Gasteiger partial charge on any atom is -0.323 e. The molecule has 0 unspecified atom stereocenters. The molecule has 2 aromatic carbocycles. The van der Waals surface area contributed by atoms with Gasteiger partial charge in [-0.05, 0) is 50.5 Å². The van der Waals surface area contributed by atoms with Crippen LogP contribution in [0.15, 0.2) is 42.5 Å². The Morgan fingerprint density at radius 2 is 1.69 bits per heavy atom. The van der Waals surface area contributed by atoms with Gasteiger partial charge in [-0.1, -0.05) is 47.5 Å². The second-order valence-corrected chi connectivity index (χ2v) is 7.68. The molecular formula is C20H20Cl2N2O2. The van der Waals surface area contributed by atoms with Gasteiger partial charge in [-0.2, -0.15) is 0 Å². The fourth-order valence-corrected chi connectivity index (χ4v) is 3.56. The van der Waals surface area contributed by atoms with Crippen LogP contribution in [0.5, 0.6) is 0 Å². The molecule has 1 heterocycles. The van der Waals surface area contributed by atoms with E-state index in [2.05, 4.69) is 5.32 Å². The Kier molecular flexibility index (Phi) is 5.26. The van der Waals surface area contributed by atoms with Crippen molar-refractivity contribution in [3.63, 3.8) is 0 Å². The number of hydrogen-bond donors (Lipinski definition) is 1. The van der Waals surface area contributed by atoms with E-state index < -0.39 is 11.3 Å². The second-order valence-electron chi connectivity index (χ2n) is 6.86. The average molecular weight is 391 g/mol. The molecule has 136 valence electrons. The molecular weight excluding hydrogens is 371 g/mol. The van der Waals surface area contributed by atoms with Crippen molar-refractivity contribution in [3.8, 4) is 0 Å². The quantitative estimate of drug-likeness (QED) is 0.754. The van der Waals surface area contributed by atoms with Gasteiger partial charge in [0, 0.05) is 12.2 Å². The second kappa shape index (κ2) is 7.29. The fraction of sp³-hybridized carbons (Fsp3) is 0.300. The van der Waals surface area contributed by atoms with Crippen molar-refractivity contribution >= 4 is 46.4 Å². The van der Waals surface area contributed by atoms with Crippen LogP contribution in [0.1, 0.15) is 25.8 Å². The van der Waals surface area contributed by atoms with Gasteiger partial charge < -0.3 is 10.2 Å². The van der Waals surface area contributed by atoms with Crippen LogP contribution in [0.25, 0.3) is 0 Å². The zero-order chi connectivity index (χ0) is 18.9. The van der Waals surface area contributed by atoms with Crippen LogP contribution in [0, 0.1) is 5.41 Å². The van der Waals surface area contributed by atoms with E-state index in [4.69, 9.17) is 23.2 Å². The Hall–Kier alpha value is -2.04. The number of nitrogens with one attached hydrogen (secondary N) is 1. The first-order chi connectivity index (χ1) is 12.3. The molecule has 1 aliphatic heterocycles. The molecule has 4 nitrogen and oxygen atoms in total. The summed E-state index contributed by atoms with van der Waals surface area (Å²) in [5.41, 5.74) is 1.05. The highest BCUT2D eigenvalue weighted by molar-refractivity contribution is 6.40. The number of benzene rings is 2. The van der Waals surface area contributed by atoms with E-state index in [1.165, 1.54) is 0 Å². The molecule has 0 fully saturated rings. The molecule has 0 bridgehead atoms. The first-order valence-corrected chi connectivity index (χ1v) is 9.23. The van der Waals surface area contributed by atoms with Crippen LogP contribution < -0.4 is 10.2 Å². The topological polar surface area (TPSA) is 49.4 Å². The number of anilines is 2. The van der Waals surface area contributed by atoms with Crippen LogP contribution in [-0.4, -0.2) is 18.4 Å². The summed E-state index contributed by atoms with van der Waals surface area (Å²) in [7, 11) is 0. The van der Waals surface area contributed by atoms with Gasteiger partial charge in [-0.25, -0.2) is 0 Å². The van der Waals surface area contributed by atoms with Crippen LogP contribution in [0.2, 0.25) is 10.0 Å². The molecule has 2 aromatic rings. The zero-order valence-corrected chi connectivity index (χ0v) is 16.2. The van der Waals surface area contributed by atoms with Gasteiger partial charge in [0.2, 0.25) is 11.8 Å². The lowest BCUT2D eigenvalue weighted by Crippen LogP contribution is -2.49. The van der Waals surface area contributed by atoms with Crippen LogP contribution in [0.4, 0.5) is 11.4 Å². The molecule has 1 aliphatic rings. The molecule has 0 saturated carbocycles. The van der Waals surface area contributed by atoms with Crippen molar-refractivity contribution in [2.75, 3.05) is 16.8 Å². The van der Waals surface area contributed by atoms with Crippen molar-refractivity contribution in [1.82, 2.24) is 0 Å². The monoisotopic (exact) mass is 390 g/mol. The summed E-state index contributed by atoms with van der Waals surface area (Å²) in [6.07, 6.45) is 1.80. The van der Waals surface area contributed by atoms with E-state index in [1.54, 1.807) is 36.9 Å². The van der Waals surface area contributed by atoms with Gasteiger partial charge >= 0.3 is 0 Å². The summed E-state index contributed by atoms with van der Waals surface area (Å²) < 4.78 is 0. The van der Waals surface area contributed by atoms with Crippen molar-refractivity contribution in [2.45, 2.75) is 26.7 Å². The Morgan fingerprint density at radius 3 is 2.38 bits per heavy atom. The van der Waals surface area contributed by atoms with Gasteiger partial charge in [0.15, 0.2) is 0 Å². The molecule has 26 heavy (non-hydrogen) atoms. The third-order valence-corrected chi connectivity index (χ3v) is 5.29. The summed E-state index contributed by atoms with van der Waals surface area (Å²) in [6, 6.07) is 12.8. The molecule has 0 atom stereocenters. The minimum absolute atomic E-state index is 0.245. The van der Waals surface area contributed by atoms with E-state index in [1.807, 2.05) is 24.3 Å². The molecule has 2 amide bonds. The van der Waals surface area contributed by atoms with Gasteiger partial charge in [-0.3, -0.25) is 9.59 Å². The number of hydrogen-bond acceptors (Lipinski definition) is 2. The fourth-order valence-electron chi connectivity index (χ4n) is 3.07. The predicted octanol–water partition coefficient (Wildman–Crippen LogP) is 4.94. The minimum atomic E-state index is -1.27. The van der Waals surface area contributed by atoms with E-state index in [0.29, 0.717) is 22.3 Å². The molecule has 0 radical (unpaired) electrons. The Labute approximate surface area is 163 Å². The van der Waals surface area contributed by atoms with Gasteiger partial charge in [0.25, 0.3) is 0 Å². The van der Waals surface area contributed by atoms with Gasteiger partial charge in [0.05, 0.1) is 15.7 Å². The zero-order valence-electron chi connectivity index (χ0n) is 14.7. The molecule has 1 N–H and O–H groups in total. The maximum absolute atomic E-state index is 13.2. The average Bonchev–Trinajstić information content (AvgIpc) is 2.63. The third kappa shape index (κ3) is 3.44. The molecule has 0 aliphatic carbocycles. The Morgan fingerprint density at radius 1 is 1.04 bits per heavy atom. The highest BCUT2D eigenvalue weighted by atomic mass is 35.5. The number of para-hydroxylation sites is 2. The number of carbonyl (C=O) groups excluding carboxylic acids is 2. The summed E-state index contributed by atoms with van der Waals surface area (Å²) in [4.78, 5) is 27.7. The summed E-state index contributed by atoms with van der Waals surface area (Å²) in [6.45, 7) is 3.83. The molecule has 3 rings (SSSR count). The van der Waals surface area contributed by atoms with Crippen molar-refractivity contribution in [1.29, 1.82) is 0 Å². The number of aryl methyl sites for hydroxylation is 1. The first kappa shape index (κ1) is 18.7. The molecule has 0 aromatic heterocycles. The van der Waals surface area contributed by atoms with E-state index >= 15 is 0 Å². The third-order valence-electron chi connectivity index (χ3n) is 4.66. The van der Waals surface area contributed by atoms with Crippen LogP contribution in [-0.2, 0) is 16.0 Å². The number of halogens is 2. The lowest BCUT2D eigenvalue weighted by atomic mass is 9.88. The van der Waals surface area contributed by atoms with Crippen LogP contribution >= 0.6 is 23.2 Å². The summed E-state index contributed by atoms with van der Waals surface area (Å²) >= 11 is 12.2. The van der Waals surface area contributed by atoms with Crippen molar-refractivity contribution in [2.24, 2.45) is 5.41 Å². The number of nitrogens with zero attached hydrogens (tertiary/aromatic N) is 1. The smallest absolute Gasteiger partial charge is 0.242 e. The number of rotatable bonds is 3. The first-order valence-electron chi connectivity index (χ1n) is 8.47. The normalized spacial score (nSPS) is 13.9. The van der Waals surface area contributed by atoms with E-state index in [-0.39, 0.29) is 5.91 Å². The highest BCUT2D eigenvalue weighted by Crippen LogP contribution is 2.34. The lowest BCUT2D eigenvalue weighted by Gasteiger charge is -2.35. The Bertz CT molecular complexity index is 844. The summed E-state index contributed by atoms with van der Waals surface area (Å²) in [5.74, 6) is -0.689. The predicted molar refractivity (Wildman–Crippen MR) is 106 cm³/mol. The number of fused-ring (bicyclic) bond motifs is 1. The van der Waals surface area contributed by atoms with Gasteiger partial charge in [-0.15, -0.1) is 0 Å². The maximum Gasteiger partial charge on any atom is 0.242 e. The maximum atomic E-state index is 13.2. The number of carbonyl (C=O) groups is 2. The molecule has 0 spiro atoms. The standard InChI is InChI=1S/C20H20Cl2N2O2/c1-20(2,18(25)23-17-14(21)9-5-10-15(17)22)19(26)24-12-6-8-13-7-3-4-11-16(13)24/h3-5,7,9-11H,6,8,12H2,1-2H3,(H,23,25). The van der Waals surface area contributed by atoms with E-state index in [0.717, 1.165) is 24.1 Å². The van der Waals surface area contributed by atoms with E-state index in [9.17, 15) is 9.59 Å².